The molecule has 0 fully saturated rings. The highest BCUT2D eigenvalue weighted by Crippen LogP contribution is 2.15. The molecule has 1 aromatic carbocycles. The monoisotopic (exact) mass is 243 g/mol. The topological polar surface area (TPSA) is 41.5 Å². The molecular formula is C12H18ClNO2. The Labute approximate surface area is 101 Å². The summed E-state index contributed by atoms with van der Waals surface area (Å²) in [4.78, 5) is 0. The van der Waals surface area contributed by atoms with Gasteiger partial charge in [0.1, 0.15) is 0 Å². The minimum Gasteiger partial charge on any atom is -0.394 e. The van der Waals surface area contributed by atoms with Crippen LogP contribution in [0, 0.1) is 0 Å². The Kier molecular flexibility index (Phi) is 6.42. The number of aliphatic hydroxyl groups is 1. The summed E-state index contributed by atoms with van der Waals surface area (Å²) in [6, 6.07) is 8.06. The fourth-order valence-electron chi connectivity index (χ4n) is 1.38. The van der Waals surface area contributed by atoms with Crippen LogP contribution in [0.2, 0.25) is 5.02 Å². The summed E-state index contributed by atoms with van der Waals surface area (Å²) in [5, 5.41) is 12.6. The summed E-state index contributed by atoms with van der Waals surface area (Å²) >= 11 is 5.81. The molecule has 0 aliphatic heterocycles. The van der Waals surface area contributed by atoms with Crippen molar-refractivity contribution in [1.82, 2.24) is 5.32 Å². The van der Waals surface area contributed by atoms with Gasteiger partial charge in [-0.15, -0.1) is 0 Å². The Balaban J connectivity index is 2.24. The van der Waals surface area contributed by atoms with Crippen LogP contribution < -0.4 is 5.32 Å². The van der Waals surface area contributed by atoms with Crippen molar-refractivity contribution >= 4 is 11.6 Å². The lowest BCUT2D eigenvalue weighted by atomic mass is 10.1. The number of nitrogens with one attached hydrogen (secondary N) is 1. The van der Waals surface area contributed by atoms with Crippen molar-refractivity contribution in [1.29, 1.82) is 0 Å². The molecule has 0 aromatic heterocycles. The SMILES string of the molecule is CC(NCCOCCO)c1ccc(Cl)cc1. The second kappa shape index (κ2) is 7.63. The Bertz CT molecular complexity index is 290. The van der Waals surface area contributed by atoms with Gasteiger partial charge in [0, 0.05) is 17.6 Å². The zero-order chi connectivity index (χ0) is 11.8. The standard InChI is InChI=1S/C12H18ClNO2/c1-10(14-6-8-16-9-7-15)11-2-4-12(13)5-3-11/h2-5,10,14-15H,6-9H2,1H3. The minimum absolute atomic E-state index is 0.0761. The number of halogens is 1. The lowest BCUT2D eigenvalue weighted by Crippen LogP contribution is -2.23. The third-order valence-electron chi connectivity index (χ3n) is 2.30. The van der Waals surface area contributed by atoms with Crippen LogP contribution in [0.1, 0.15) is 18.5 Å². The van der Waals surface area contributed by atoms with E-state index in [9.17, 15) is 0 Å². The van der Waals surface area contributed by atoms with Crippen LogP contribution in [0.4, 0.5) is 0 Å². The van der Waals surface area contributed by atoms with E-state index >= 15 is 0 Å². The normalized spacial score (nSPS) is 12.7. The Morgan fingerprint density at radius 3 is 2.62 bits per heavy atom. The van der Waals surface area contributed by atoms with Gasteiger partial charge in [-0.2, -0.15) is 0 Å². The molecule has 90 valence electrons. The van der Waals surface area contributed by atoms with Crippen LogP contribution in [0.25, 0.3) is 0 Å². The minimum atomic E-state index is 0.0761. The Hall–Kier alpha value is -0.610. The first-order valence-electron chi connectivity index (χ1n) is 5.41. The molecule has 0 spiro atoms. The fourth-order valence-corrected chi connectivity index (χ4v) is 1.51. The smallest absolute Gasteiger partial charge is 0.0698 e. The molecule has 0 aliphatic rings. The molecule has 1 unspecified atom stereocenters. The van der Waals surface area contributed by atoms with E-state index in [1.54, 1.807) is 0 Å². The zero-order valence-corrected chi connectivity index (χ0v) is 10.2. The van der Waals surface area contributed by atoms with Crippen molar-refractivity contribution in [2.24, 2.45) is 0 Å². The molecule has 0 aliphatic carbocycles. The summed E-state index contributed by atoms with van der Waals surface area (Å²) in [6.45, 7) is 3.95. The van der Waals surface area contributed by atoms with Gasteiger partial charge in [-0.1, -0.05) is 23.7 Å². The molecule has 4 heteroatoms. The third-order valence-corrected chi connectivity index (χ3v) is 2.55. The van der Waals surface area contributed by atoms with Gasteiger partial charge in [0.25, 0.3) is 0 Å². The molecule has 0 saturated heterocycles. The van der Waals surface area contributed by atoms with Crippen molar-refractivity contribution in [3.05, 3.63) is 34.9 Å². The first kappa shape index (κ1) is 13.5. The van der Waals surface area contributed by atoms with Gasteiger partial charge in [0.15, 0.2) is 0 Å². The zero-order valence-electron chi connectivity index (χ0n) is 9.45. The molecular weight excluding hydrogens is 226 g/mol. The molecule has 0 amide bonds. The molecule has 0 bridgehead atoms. The van der Waals surface area contributed by atoms with E-state index in [4.69, 9.17) is 21.4 Å². The number of hydrogen-bond donors (Lipinski definition) is 2. The predicted molar refractivity (Wildman–Crippen MR) is 65.8 cm³/mol. The summed E-state index contributed by atoms with van der Waals surface area (Å²) in [7, 11) is 0. The average molecular weight is 244 g/mol. The maximum absolute atomic E-state index is 8.52. The van der Waals surface area contributed by atoms with Gasteiger partial charge in [-0.05, 0) is 24.6 Å². The van der Waals surface area contributed by atoms with Gasteiger partial charge in [0.05, 0.1) is 19.8 Å². The van der Waals surface area contributed by atoms with Crippen molar-refractivity contribution in [3.8, 4) is 0 Å². The summed E-state index contributed by atoms with van der Waals surface area (Å²) in [5.74, 6) is 0. The number of rotatable bonds is 7. The molecule has 0 saturated carbocycles. The maximum Gasteiger partial charge on any atom is 0.0698 e. The van der Waals surface area contributed by atoms with Gasteiger partial charge in [-0.25, -0.2) is 0 Å². The molecule has 0 heterocycles. The molecule has 2 N–H and O–H groups in total. The summed E-state index contributed by atoms with van der Waals surface area (Å²) in [6.07, 6.45) is 0. The van der Waals surface area contributed by atoms with Crippen molar-refractivity contribution < 1.29 is 9.84 Å². The lowest BCUT2D eigenvalue weighted by Gasteiger charge is -2.14. The van der Waals surface area contributed by atoms with Crippen LogP contribution in [-0.2, 0) is 4.74 Å². The Morgan fingerprint density at radius 1 is 1.31 bits per heavy atom. The predicted octanol–water partition coefficient (Wildman–Crippen LogP) is 2.00. The van der Waals surface area contributed by atoms with E-state index in [-0.39, 0.29) is 12.6 Å². The van der Waals surface area contributed by atoms with E-state index < -0.39 is 0 Å². The average Bonchev–Trinajstić information content (AvgIpc) is 2.29. The number of aliphatic hydroxyl groups excluding tert-OH is 1. The highest BCUT2D eigenvalue weighted by molar-refractivity contribution is 6.30. The van der Waals surface area contributed by atoms with E-state index in [1.165, 1.54) is 5.56 Å². The second-order valence-corrected chi connectivity index (χ2v) is 4.00. The van der Waals surface area contributed by atoms with Gasteiger partial charge in [0.2, 0.25) is 0 Å². The van der Waals surface area contributed by atoms with Crippen molar-refractivity contribution in [2.75, 3.05) is 26.4 Å². The van der Waals surface area contributed by atoms with E-state index in [2.05, 4.69) is 12.2 Å². The van der Waals surface area contributed by atoms with Crippen LogP contribution in [0.5, 0.6) is 0 Å². The maximum atomic E-state index is 8.52. The van der Waals surface area contributed by atoms with Gasteiger partial charge >= 0.3 is 0 Å². The summed E-state index contributed by atoms with van der Waals surface area (Å²) < 4.78 is 5.15. The fraction of sp³-hybridized carbons (Fsp3) is 0.500. The number of hydrogen-bond acceptors (Lipinski definition) is 3. The molecule has 3 nitrogen and oxygen atoms in total. The largest absolute Gasteiger partial charge is 0.394 e. The molecule has 16 heavy (non-hydrogen) atoms. The van der Waals surface area contributed by atoms with Crippen molar-refractivity contribution in [3.63, 3.8) is 0 Å². The first-order chi connectivity index (χ1) is 7.74. The number of benzene rings is 1. The van der Waals surface area contributed by atoms with Crippen LogP contribution in [0.15, 0.2) is 24.3 Å². The number of ether oxygens (including phenoxy) is 1. The third kappa shape index (κ3) is 4.94. The first-order valence-corrected chi connectivity index (χ1v) is 5.79. The molecule has 1 rings (SSSR count). The van der Waals surface area contributed by atoms with Crippen LogP contribution >= 0.6 is 11.6 Å². The van der Waals surface area contributed by atoms with E-state index in [0.717, 1.165) is 11.6 Å². The van der Waals surface area contributed by atoms with Crippen LogP contribution in [-0.4, -0.2) is 31.5 Å². The molecule has 0 radical (unpaired) electrons. The van der Waals surface area contributed by atoms with Gasteiger partial charge < -0.3 is 15.2 Å². The van der Waals surface area contributed by atoms with Crippen molar-refractivity contribution in [2.45, 2.75) is 13.0 Å². The highest BCUT2D eigenvalue weighted by Gasteiger charge is 2.03. The quantitative estimate of drug-likeness (QED) is 0.720. The second-order valence-electron chi connectivity index (χ2n) is 3.56. The van der Waals surface area contributed by atoms with E-state index in [1.807, 2.05) is 24.3 Å². The van der Waals surface area contributed by atoms with Crippen LogP contribution in [0.3, 0.4) is 0 Å². The molecule has 1 aromatic rings. The molecule has 1 atom stereocenters. The summed E-state index contributed by atoms with van der Waals surface area (Å²) in [5.41, 5.74) is 1.20. The van der Waals surface area contributed by atoms with Gasteiger partial charge in [-0.3, -0.25) is 0 Å². The Morgan fingerprint density at radius 2 is 2.00 bits per heavy atom. The van der Waals surface area contributed by atoms with E-state index in [0.29, 0.717) is 13.2 Å². The lowest BCUT2D eigenvalue weighted by molar-refractivity contribution is 0.0928. The highest BCUT2D eigenvalue weighted by atomic mass is 35.5.